The van der Waals surface area contributed by atoms with Crippen molar-refractivity contribution in [1.29, 1.82) is 0 Å². The van der Waals surface area contributed by atoms with Gasteiger partial charge in [-0.1, -0.05) is 25.5 Å². The zero-order valence-corrected chi connectivity index (χ0v) is 12.6. The standard InChI is InChI=1S/C16H27NO2/c1-5-8-13(4)19-16-14(11-12(3)17)9-7-10-15(16)18-6-2/h7,9-10,12-13H,5-6,8,11,17H2,1-4H3. The summed E-state index contributed by atoms with van der Waals surface area (Å²) in [4.78, 5) is 0. The Kier molecular flexibility index (Phi) is 6.71. The van der Waals surface area contributed by atoms with Crippen LogP contribution in [0.3, 0.4) is 0 Å². The predicted octanol–water partition coefficient (Wildman–Crippen LogP) is 3.54. The molecule has 0 aliphatic heterocycles. The molecule has 2 atom stereocenters. The minimum atomic E-state index is 0.112. The summed E-state index contributed by atoms with van der Waals surface area (Å²) >= 11 is 0. The summed E-state index contributed by atoms with van der Waals surface area (Å²) in [6, 6.07) is 6.14. The van der Waals surface area contributed by atoms with Crippen molar-refractivity contribution in [3.05, 3.63) is 23.8 Å². The molecule has 3 nitrogen and oxygen atoms in total. The summed E-state index contributed by atoms with van der Waals surface area (Å²) in [5, 5.41) is 0. The lowest BCUT2D eigenvalue weighted by atomic mass is 10.1. The van der Waals surface area contributed by atoms with Crippen LogP contribution in [-0.4, -0.2) is 18.8 Å². The predicted molar refractivity (Wildman–Crippen MR) is 80.0 cm³/mol. The van der Waals surface area contributed by atoms with E-state index in [0.717, 1.165) is 36.3 Å². The fourth-order valence-corrected chi connectivity index (χ4v) is 2.14. The van der Waals surface area contributed by atoms with Gasteiger partial charge in [-0.2, -0.15) is 0 Å². The van der Waals surface area contributed by atoms with Crippen molar-refractivity contribution < 1.29 is 9.47 Å². The second-order valence-corrected chi connectivity index (χ2v) is 5.08. The average Bonchev–Trinajstić information content (AvgIpc) is 2.33. The molecule has 1 aromatic rings. The maximum atomic E-state index is 6.09. The molecule has 0 bridgehead atoms. The van der Waals surface area contributed by atoms with Crippen LogP contribution in [0.15, 0.2) is 18.2 Å². The van der Waals surface area contributed by atoms with Gasteiger partial charge in [-0.25, -0.2) is 0 Å². The number of ether oxygens (including phenoxy) is 2. The van der Waals surface area contributed by atoms with Crippen LogP contribution in [0.1, 0.15) is 46.1 Å². The summed E-state index contributed by atoms with van der Waals surface area (Å²) in [7, 11) is 0. The SMILES string of the molecule is CCCC(C)Oc1c(CC(C)N)cccc1OCC. The normalized spacial score (nSPS) is 13.9. The minimum absolute atomic E-state index is 0.112. The van der Waals surface area contributed by atoms with Gasteiger partial charge in [0, 0.05) is 6.04 Å². The molecule has 0 saturated heterocycles. The van der Waals surface area contributed by atoms with E-state index in [-0.39, 0.29) is 12.1 Å². The number of benzene rings is 1. The van der Waals surface area contributed by atoms with Gasteiger partial charge < -0.3 is 15.2 Å². The van der Waals surface area contributed by atoms with Gasteiger partial charge in [0.2, 0.25) is 0 Å². The van der Waals surface area contributed by atoms with E-state index in [9.17, 15) is 0 Å². The van der Waals surface area contributed by atoms with E-state index >= 15 is 0 Å². The van der Waals surface area contributed by atoms with Crippen molar-refractivity contribution >= 4 is 0 Å². The lowest BCUT2D eigenvalue weighted by molar-refractivity contribution is 0.194. The van der Waals surface area contributed by atoms with Crippen LogP contribution in [0.4, 0.5) is 0 Å². The molecule has 3 heteroatoms. The zero-order valence-electron chi connectivity index (χ0n) is 12.6. The van der Waals surface area contributed by atoms with E-state index in [1.165, 1.54) is 0 Å². The number of rotatable bonds is 8. The largest absolute Gasteiger partial charge is 0.490 e. The number of hydrogen-bond acceptors (Lipinski definition) is 3. The van der Waals surface area contributed by atoms with Crippen molar-refractivity contribution in [3.63, 3.8) is 0 Å². The molecule has 1 rings (SSSR count). The molecule has 0 saturated carbocycles. The molecule has 0 radical (unpaired) electrons. The summed E-state index contributed by atoms with van der Waals surface area (Å²) in [5.74, 6) is 1.69. The van der Waals surface area contributed by atoms with E-state index in [2.05, 4.69) is 19.9 Å². The van der Waals surface area contributed by atoms with Crippen molar-refractivity contribution in [3.8, 4) is 11.5 Å². The van der Waals surface area contributed by atoms with Crippen LogP contribution in [-0.2, 0) is 6.42 Å². The Bertz CT molecular complexity index is 377. The first-order valence-electron chi connectivity index (χ1n) is 7.25. The third-order valence-corrected chi connectivity index (χ3v) is 2.92. The second-order valence-electron chi connectivity index (χ2n) is 5.08. The van der Waals surface area contributed by atoms with Gasteiger partial charge in [-0.3, -0.25) is 0 Å². The van der Waals surface area contributed by atoms with Crippen LogP contribution >= 0.6 is 0 Å². The molecular formula is C16H27NO2. The Labute approximate surface area is 117 Å². The van der Waals surface area contributed by atoms with E-state index in [4.69, 9.17) is 15.2 Å². The first-order chi connectivity index (χ1) is 9.08. The minimum Gasteiger partial charge on any atom is -0.490 e. The smallest absolute Gasteiger partial charge is 0.164 e. The molecule has 19 heavy (non-hydrogen) atoms. The fraction of sp³-hybridized carbons (Fsp3) is 0.625. The molecular weight excluding hydrogens is 238 g/mol. The van der Waals surface area contributed by atoms with Gasteiger partial charge in [0.1, 0.15) is 0 Å². The van der Waals surface area contributed by atoms with Crippen LogP contribution in [0.25, 0.3) is 0 Å². The van der Waals surface area contributed by atoms with Crippen LogP contribution < -0.4 is 15.2 Å². The molecule has 108 valence electrons. The van der Waals surface area contributed by atoms with E-state index in [1.54, 1.807) is 0 Å². The first-order valence-corrected chi connectivity index (χ1v) is 7.25. The zero-order chi connectivity index (χ0) is 14.3. The van der Waals surface area contributed by atoms with Crippen molar-refractivity contribution in [2.24, 2.45) is 5.73 Å². The Morgan fingerprint density at radius 2 is 1.95 bits per heavy atom. The third kappa shape index (κ3) is 5.11. The molecule has 2 N–H and O–H groups in total. The maximum Gasteiger partial charge on any atom is 0.164 e. The summed E-state index contributed by atoms with van der Waals surface area (Å²) in [6.07, 6.45) is 3.15. The topological polar surface area (TPSA) is 44.5 Å². The molecule has 0 fully saturated rings. The Balaban J connectivity index is 2.98. The number of hydrogen-bond donors (Lipinski definition) is 1. The van der Waals surface area contributed by atoms with Crippen LogP contribution in [0, 0.1) is 0 Å². The molecule has 2 unspecified atom stereocenters. The summed E-state index contributed by atoms with van der Waals surface area (Å²) < 4.78 is 11.8. The quantitative estimate of drug-likeness (QED) is 0.782. The highest BCUT2D eigenvalue weighted by Crippen LogP contribution is 2.33. The summed E-state index contributed by atoms with van der Waals surface area (Å²) in [6.45, 7) is 8.89. The highest BCUT2D eigenvalue weighted by atomic mass is 16.5. The lowest BCUT2D eigenvalue weighted by Crippen LogP contribution is -2.20. The monoisotopic (exact) mass is 265 g/mol. The van der Waals surface area contributed by atoms with Gasteiger partial charge in [-0.05, 0) is 45.2 Å². The summed E-state index contributed by atoms with van der Waals surface area (Å²) in [5.41, 5.74) is 7.04. The highest BCUT2D eigenvalue weighted by molar-refractivity contribution is 5.47. The van der Waals surface area contributed by atoms with Crippen LogP contribution in [0.2, 0.25) is 0 Å². The van der Waals surface area contributed by atoms with Crippen molar-refractivity contribution in [2.75, 3.05) is 6.61 Å². The van der Waals surface area contributed by atoms with Crippen LogP contribution in [0.5, 0.6) is 11.5 Å². The molecule has 0 spiro atoms. The lowest BCUT2D eigenvalue weighted by Gasteiger charge is -2.20. The number of nitrogens with two attached hydrogens (primary N) is 1. The Morgan fingerprint density at radius 3 is 2.53 bits per heavy atom. The molecule has 0 heterocycles. The molecule has 0 aliphatic rings. The molecule has 0 aromatic heterocycles. The van der Waals surface area contributed by atoms with E-state index in [0.29, 0.717) is 6.61 Å². The van der Waals surface area contributed by atoms with Gasteiger partial charge in [0.15, 0.2) is 11.5 Å². The molecule has 0 amide bonds. The van der Waals surface area contributed by atoms with E-state index in [1.807, 2.05) is 26.0 Å². The second kappa shape index (κ2) is 8.05. The highest BCUT2D eigenvalue weighted by Gasteiger charge is 2.15. The van der Waals surface area contributed by atoms with Gasteiger partial charge in [0.05, 0.1) is 12.7 Å². The van der Waals surface area contributed by atoms with Crippen molar-refractivity contribution in [1.82, 2.24) is 0 Å². The first kappa shape index (κ1) is 15.8. The fourth-order valence-electron chi connectivity index (χ4n) is 2.14. The van der Waals surface area contributed by atoms with E-state index < -0.39 is 0 Å². The van der Waals surface area contributed by atoms with Gasteiger partial charge in [-0.15, -0.1) is 0 Å². The van der Waals surface area contributed by atoms with Crippen molar-refractivity contribution in [2.45, 2.75) is 59.1 Å². The Hall–Kier alpha value is -1.22. The Morgan fingerprint density at radius 1 is 1.21 bits per heavy atom. The van der Waals surface area contributed by atoms with Gasteiger partial charge in [0.25, 0.3) is 0 Å². The van der Waals surface area contributed by atoms with Gasteiger partial charge >= 0.3 is 0 Å². The molecule has 0 aliphatic carbocycles. The number of para-hydroxylation sites is 1. The maximum absolute atomic E-state index is 6.09. The third-order valence-electron chi connectivity index (χ3n) is 2.92. The molecule has 1 aromatic carbocycles. The average molecular weight is 265 g/mol.